The number of benzene rings is 1. The molecule has 108 valence electrons. The molecule has 0 bridgehead atoms. The standard InChI is InChI=1S/C15H16BrF2NO/c1-2-7-19-13(14-5-6-15(16)20-14)8-10-3-4-11(17)9-12(10)18/h3-6,9,13,19H,2,7-8H2,1H3. The third-order valence-electron chi connectivity index (χ3n) is 3.02. The van der Waals surface area contributed by atoms with Crippen LogP contribution in [0.1, 0.15) is 30.7 Å². The van der Waals surface area contributed by atoms with Gasteiger partial charge in [-0.25, -0.2) is 8.78 Å². The lowest BCUT2D eigenvalue weighted by molar-refractivity contribution is 0.396. The van der Waals surface area contributed by atoms with Crippen LogP contribution in [-0.2, 0) is 6.42 Å². The maximum Gasteiger partial charge on any atom is 0.169 e. The van der Waals surface area contributed by atoms with E-state index in [2.05, 4.69) is 28.2 Å². The van der Waals surface area contributed by atoms with Crippen LogP contribution in [0.2, 0.25) is 0 Å². The quantitative estimate of drug-likeness (QED) is 0.828. The highest BCUT2D eigenvalue weighted by Gasteiger charge is 2.17. The fourth-order valence-electron chi connectivity index (χ4n) is 2.01. The first-order chi connectivity index (χ1) is 9.60. The monoisotopic (exact) mass is 343 g/mol. The molecule has 0 amide bonds. The summed E-state index contributed by atoms with van der Waals surface area (Å²) < 4.78 is 32.9. The minimum Gasteiger partial charge on any atom is -0.453 e. The van der Waals surface area contributed by atoms with Gasteiger partial charge in [0.1, 0.15) is 17.4 Å². The molecule has 2 rings (SSSR count). The SMILES string of the molecule is CCCNC(Cc1ccc(F)cc1F)c1ccc(Br)o1. The van der Waals surface area contributed by atoms with E-state index in [0.29, 0.717) is 16.7 Å². The number of hydrogen-bond donors (Lipinski definition) is 1. The molecule has 1 heterocycles. The van der Waals surface area contributed by atoms with Crippen LogP contribution in [0.4, 0.5) is 8.78 Å². The van der Waals surface area contributed by atoms with E-state index in [0.717, 1.165) is 24.8 Å². The molecule has 0 spiro atoms. The van der Waals surface area contributed by atoms with Gasteiger partial charge in [-0.1, -0.05) is 13.0 Å². The van der Waals surface area contributed by atoms with Crippen molar-refractivity contribution in [2.24, 2.45) is 0 Å². The molecule has 0 saturated carbocycles. The van der Waals surface area contributed by atoms with Crippen LogP contribution in [0.15, 0.2) is 39.4 Å². The predicted molar refractivity (Wildman–Crippen MR) is 77.5 cm³/mol. The summed E-state index contributed by atoms with van der Waals surface area (Å²) in [6, 6.07) is 7.16. The molecule has 1 aromatic carbocycles. The molecule has 1 aromatic heterocycles. The Kier molecular flexibility index (Phi) is 5.31. The van der Waals surface area contributed by atoms with Crippen LogP contribution in [0.3, 0.4) is 0 Å². The van der Waals surface area contributed by atoms with Gasteiger partial charge < -0.3 is 9.73 Å². The highest BCUT2D eigenvalue weighted by atomic mass is 79.9. The third-order valence-corrected chi connectivity index (χ3v) is 3.44. The van der Waals surface area contributed by atoms with Crippen molar-refractivity contribution in [1.82, 2.24) is 5.32 Å². The van der Waals surface area contributed by atoms with Gasteiger partial charge in [-0.3, -0.25) is 0 Å². The Morgan fingerprint density at radius 3 is 2.65 bits per heavy atom. The highest BCUT2D eigenvalue weighted by molar-refractivity contribution is 9.10. The van der Waals surface area contributed by atoms with Gasteiger partial charge in [-0.05, 0) is 59.1 Å². The summed E-state index contributed by atoms with van der Waals surface area (Å²) in [7, 11) is 0. The topological polar surface area (TPSA) is 25.2 Å². The second-order valence-electron chi connectivity index (χ2n) is 4.59. The minimum atomic E-state index is -0.565. The van der Waals surface area contributed by atoms with E-state index >= 15 is 0 Å². The molecule has 0 radical (unpaired) electrons. The van der Waals surface area contributed by atoms with Crippen molar-refractivity contribution in [1.29, 1.82) is 0 Å². The van der Waals surface area contributed by atoms with Crippen molar-refractivity contribution in [2.75, 3.05) is 6.54 Å². The lowest BCUT2D eigenvalue weighted by Gasteiger charge is -2.16. The van der Waals surface area contributed by atoms with Crippen molar-refractivity contribution in [3.63, 3.8) is 0 Å². The maximum absolute atomic E-state index is 13.7. The fraction of sp³-hybridized carbons (Fsp3) is 0.333. The van der Waals surface area contributed by atoms with E-state index in [-0.39, 0.29) is 6.04 Å². The number of nitrogens with one attached hydrogen (secondary N) is 1. The highest BCUT2D eigenvalue weighted by Crippen LogP contribution is 2.24. The second kappa shape index (κ2) is 6.99. The van der Waals surface area contributed by atoms with Gasteiger partial charge in [-0.15, -0.1) is 0 Å². The van der Waals surface area contributed by atoms with E-state index in [1.807, 2.05) is 6.07 Å². The Hall–Kier alpha value is -1.20. The van der Waals surface area contributed by atoms with Gasteiger partial charge in [0.15, 0.2) is 4.67 Å². The first-order valence-electron chi connectivity index (χ1n) is 6.52. The van der Waals surface area contributed by atoms with Gasteiger partial charge in [0.05, 0.1) is 6.04 Å². The van der Waals surface area contributed by atoms with Crippen LogP contribution in [0.5, 0.6) is 0 Å². The predicted octanol–water partition coefficient (Wildman–Crippen LogP) is 4.60. The third kappa shape index (κ3) is 3.90. The molecule has 0 aliphatic rings. The lowest BCUT2D eigenvalue weighted by atomic mass is 10.0. The average Bonchev–Trinajstić information content (AvgIpc) is 2.83. The lowest BCUT2D eigenvalue weighted by Crippen LogP contribution is -2.24. The Bertz CT molecular complexity index is 571. The van der Waals surface area contributed by atoms with E-state index in [4.69, 9.17) is 4.42 Å². The summed E-state index contributed by atoms with van der Waals surface area (Å²) in [6.07, 6.45) is 1.37. The molecular formula is C15H16BrF2NO. The molecule has 1 N–H and O–H groups in total. The molecule has 0 saturated heterocycles. The maximum atomic E-state index is 13.7. The molecule has 2 aromatic rings. The first-order valence-corrected chi connectivity index (χ1v) is 7.32. The minimum absolute atomic E-state index is 0.138. The molecule has 0 aliphatic heterocycles. The van der Waals surface area contributed by atoms with Gasteiger partial charge in [0.2, 0.25) is 0 Å². The number of hydrogen-bond acceptors (Lipinski definition) is 2. The molecule has 1 unspecified atom stereocenters. The molecule has 5 heteroatoms. The van der Waals surface area contributed by atoms with E-state index in [9.17, 15) is 8.78 Å². The number of furan rings is 1. The van der Waals surface area contributed by atoms with Crippen molar-refractivity contribution < 1.29 is 13.2 Å². The molecule has 0 aliphatic carbocycles. The molecule has 2 nitrogen and oxygen atoms in total. The smallest absolute Gasteiger partial charge is 0.169 e. The summed E-state index contributed by atoms with van der Waals surface area (Å²) in [6.45, 7) is 2.85. The van der Waals surface area contributed by atoms with E-state index < -0.39 is 11.6 Å². The number of halogens is 3. The molecular weight excluding hydrogens is 328 g/mol. The van der Waals surface area contributed by atoms with Crippen molar-refractivity contribution >= 4 is 15.9 Å². The Labute approximate surface area is 125 Å². The zero-order valence-electron chi connectivity index (χ0n) is 11.1. The van der Waals surface area contributed by atoms with E-state index in [1.54, 1.807) is 6.07 Å². The number of rotatable bonds is 6. The van der Waals surface area contributed by atoms with Gasteiger partial charge in [-0.2, -0.15) is 0 Å². The molecule has 1 atom stereocenters. The normalized spacial score (nSPS) is 12.6. The van der Waals surface area contributed by atoms with Crippen molar-refractivity contribution in [3.05, 3.63) is 58.0 Å². The van der Waals surface area contributed by atoms with Crippen LogP contribution in [0, 0.1) is 11.6 Å². The molecule has 0 fully saturated rings. The van der Waals surface area contributed by atoms with Gasteiger partial charge >= 0.3 is 0 Å². The summed E-state index contributed by atoms with van der Waals surface area (Å²) >= 11 is 3.26. The van der Waals surface area contributed by atoms with Crippen LogP contribution in [0.25, 0.3) is 0 Å². The van der Waals surface area contributed by atoms with E-state index in [1.165, 1.54) is 12.1 Å². The Balaban J connectivity index is 2.18. The molecule has 20 heavy (non-hydrogen) atoms. The fourth-order valence-corrected chi connectivity index (χ4v) is 2.33. The first kappa shape index (κ1) is 15.2. The zero-order valence-corrected chi connectivity index (χ0v) is 12.7. The summed E-state index contributed by atoms with van der Waals surface area (Å²) in [5, 5.41) is 3.31. The van der Waals surface area contributed by atoms with Crippen LogP contribution < -0.4 is 5.32 Å². The summed E-state index contributed by atoms with van der Waals surface area (Å²) in [5.41, 5.74) is 0.465. The Morgan fingerprint density at radius 2 is 2.05 bits per heavy atom. The van der Waals surface area contributed by atoms with Crippen LogP contribution >= 0.6 is 15.9 Å². The summed E-state index contributed by atoms with van der Waals surface area (Å²) in [5.74, 6) is -0.363. The van der Waals surface area contributed by atoms with Crippen molar-refractivity contribution in [2.45, 2.75) is 25.8 Å². The summed E-state index contributed by atoms with van der Waals surface area (Å²) in [4.78, 5) is 0. The second-order valence-corrected chi connectivity index (χ2v) is 5.37. The largest absolute Gasteiger partial charge is 0.453 e. The van der Waals surface area contributed by atoms with Gasteiger partial charge in [0.25, 0.3) is 0 Å². The van der Waals surface area contributed by atoms with Crippen LogP contribution in [-0.4, -0.2) is 6.54 Å². The van der Waals surface area contributed by atoms with Crippen molar-refractivity contribution in [3.8, 4) is 0 Å². The zero-order chi connectivity index (χ0) is 14.5. The Morgan fingerprint density at radius 1 is 1.25 bits per heavy atom. The average molecular weight is 344 g/mol. The van der Waals surface area contributed by atoms with Gasteiger partial charge in [0, 0.05) is 6.07 Å².